The molecule has 4 heteroatoms. The number of nitrogens with zero attached hydrogens (tertiary/aromatic N) is 1. The van der Waals surface area contributed by atoms with E-state index in [0.29, 0.717) is 5.41 Å². The molecule has 1 saturated carbocycles. The Labute approximate surface area is 111 Å². The van der Waals surface area contributed by atoms with Crippen LogP contribution >= 0.6 is 23.1 Å². The third kappa shape index (κ3) is 2.68. The molecule has 0 unspecified atom stereocenters. The van der Waals surface area contributed by atoms with Crippen molar-refractivity contribution in [2.45, 2.75) is 32.1 Å². The quantitative estimate of drug-likeness (QED) is 0.823. The number of aliphatic imine (C=N–C) groups is 1. The summed E-state index contributed by atoms with van der Waals surface area (Å²) in [5, 5.41) is 8.75. The summed E-state index contributed by atoms with van der Waals surface area (Å²) in [6.07, 6.45) is 7.01. The van der Waals surface area contributed by atoms with Crippen molar-refractivity contribution in [2.24, 2.45) is 10.4 Å². The second-order valence-corrected chi connectivity index (χ2v) is 6.85. The van der Waals surface area contributed by atoms with Gasteiger partial charge in [0.1, 0.15) is 0 Å². The number of hydrogen-bond donors (Lipinski definition) is 1. The minimum atomic E-state index is 0.530. The topological polar surface area (TPSA) is 24.4 Å². The molecule has 1 fully saturated rings. The molecule has 2 nitrogen and oxygen atoms in total. The molecule has 0 radical (unpaired) electrons. The molecule has 0 bridgehead atoms. The van der Waals surface area contributed by atoms with Gasteiger partial charge in [0, 0.05) is 17.7 Å². The third-order valence-corrected chi connectivity index (χ3v) is 5.70. The first-order valence-electron chi connectivity index (χ1n) is 6.33. The zero-order valence-corrected chi connectivity index (χ0v) is 11.6. The van der Waals surface area contributed by atoms with Gasteiger partial charge in [0.05, 0.1) is 5.69 Å². The molecule has 1 aromatic rings. The summed E-state index contributed by atoms with van der Waals surface area (Å²) < 4.78 is 0. The van der Waals surface area contributed by atoms with Gasteiger partial charge in [0.15, 0.2) is 5.17 Å². The summed E-state index contributed by atoms with van der Waals surface area (Å²) >= 11 is 3.63. The van der Waals surface area contributed by atoms with E-state index in [9.17, 15) is 0 Å². The molecule has 2 aliphatic rings. The van der Waals surface area contributed by atoms with Crippen LogP contribution in [0.1, 0.15) is 32.1 Å². The first-order chi connectivity index (χ1) is 8.36. The highest BCUT2D eigenvalue weighted by molar-refractivity contribution is 8.14. The molecule has 2 heterocycles. The standard InChI is InChI=1S/C13H18N2S2/c1-2-5-13(6-3-1)9-14-12(17-10-13)15-11-4-7-16-8-11/h4,7-8H,1-3,5-6,9-10H2,(H,14,15). The van der Waals surface area contributed by atoms with Gasteiger partial charge in [-0.05, 0) is 29.7 Å². The molecule has 92 valence electrons. The lowest BCUT2D eigenvalue weighted by molar-refractivity contribution is 0.232. The van der Waals surface area contributed by atoms with Crippen LogP contribution in [0.15, 0.2) is 21.8 Å². The van der Waals surface area contributed by atoms with Crippen LogP contribution in [-0.2, 0) is 0 Å². The highest BCUT2D eigenvalue weighted by atomic mass is 32.2. The van der Waals surface area contributed by atoms with Gasteiger partial charge < -0.3 is 5.32 Å². The van der Waals surface area contributed by atoms with Gasteiger partial charge in [-0.25, -0.2) is 0 Å². The van der Waals surface area contributed by atoms with Crippen molar-refractivity contribution in [1.29, 1.82) is 0 Å². The van der Waals surface area contributed by atoms with Crippen LogP contribution in [0.5, 0.6) is 0 Å². The molecular formula is C13H18N2S2. The Balaban J connectivity index is 1.63. The number of thiophene rings is 1. The summed E-state index contributed by atoms with van der Waals surface area (Å²) in [6, 6.07) is 2.11. The van der Waals surface area contributed by atoms with Gasteiger partial charge in [-0.15, -0.1) is 0 Å². The summed E-state index contributed by atoms with van der Waals surface area (Å²) in [7, 11) is 0. The minimum Gasteiger partial charge on any atom is -0.334 e. The molecule has 1 spiro atoms. The van der Waals surface area contributed by atoms with E-state index in [2.05, 4.69) is 22.1 Å². The Bertz CT molecular complexity index is 392. The van der Waals surface area contributed by atoms with Crippen LogP contribution in [0.4, 0.5) is 5.69 Å². The number of hydrogen-bond acceptors (Lipinski definition) is 4. The lowest BCUT2D eigenvalue weighted by Crippen LogP contribution is -2.35. The average molecular weight is 266 g/mol. The summed E-state index contributed by atoms with van der Waals surface area (Å²) in [6.45, 7) is 1.03. The maximum Gasteiger partial charge on any atom is 0.161 e. The van der Waals surface area contributed by atoms with Crippen molar-refractivity contribution < 1.29 is 0 Å². The smallest absolute Gasteiger partial charge is 0.161 e. The van der Waals surface area contributed by atoms with Crippen LogP contribution in [0.25, 0.3) is 0 Å². The molecule has 0 amide bonds. The van der Waals surface area contributed by atoms with Crippen LogP contribution < -0.4 is 5.32 Å². The van der Waals surface area contributed by atoms with Gasteiger partial charge in [-0.3, -0.25) is 4.99 Å². The van der Waals surface area contributed by atoms with E-state index in [1.165, 1.54) is 43.5 Å². The second kappa shape index (κ2) is 5.02. The van der Waals surface area contributed by atoms with Crippen LogP contribution in [0.2, 0.25) is 0 Å². The van der Waals surface area contributed by atoms with Gasteiger partial charge in [0.2, 0.25) is 0 Å². The normalized spacial score (nSPS) is 23.4. The molecule has 0 saturated heterocycles. The van der Waals surface area contributed by atoms with Crippen molar-refractivity contribution in [3.05, 3.63) is 16.8 Å². The second-order valence-electron chi connectivity index (χ2n) is 5.11. The van der Waals surface area contributed by atoms with Crippen molar-refractivity contribution in [3.8, 4) is 0 Å². The van der Waals surface area contributed by atoms with E-state index in [0.717, 1.165) is 11.7 Å². The SMILES string of the molecule is c1cc(NC2=NCC3(CCCCC3)CS2)cs1. The fourth-order valence-electron chi connectivity index (χ4n) is 2.69. The van der Waals surface area contributed by atoms with Crippen LogP contribution in [0, 0.1) is 5.41 Å². The van der Waals surface area contributed by atoms with E-state index in [1.54, 1.807) is 11.3 Å². The summed E-state index contributed by atoms with van der Waals surface area (Å²) in [5.74, 6) is 1.25. The Morgan fingerprint density at radius 3 is 2.76 bits per heavy atom. The molecular weight excluding hydrogens is 248 g/mol. The predicted octanol–water partition coefficient (Wildman–Crippen LogP) is 4.21. The number of thioether (sulfide) groups is 1. The first-order valence-corrected chi connectivity index (χ1v) is 8.26. The zero-order valence-electron chi connectivity index (χ0n) is 9.95. The third-order valence-electron chi connectivity index (χ3n) is 3.76. The van der Waals surface area contributed by atoms with E-state index < -0.39 is 0 Å². The largest absolute Gasteiger partial charge is 0.334 e. The van der Waals surface area contributed by atoms with E-state index >= 15 is 0 Å². The maximum atomic E-state index is 4.75. The fourth-order valence-corrected chi connectivity index (χ4v) is 4.45. The number of anilines is 1. The Kier molecular flexibility index (Phi) is 3.43. The fraction of sp³-hybridized carbons (Fsp3) is 0.615. The minimum absolute atomic E-state index is 0.530. The molecule has 1 aliphatic heterocycles. The van der Waals surface area contributed by atoms with Crippen molar-refractivity contribution in [2.75, 3.05) is 17.6 Å². The van der Waals surface area contributed by atoms with E-state index in [4.69, 9.17) is 4.99 Å². The lowest BCUT2D eigenvalue weighted by atomic mass is 9.75. The molecule has 0 aromatic carbocycles. The van der Waals surface area contributed by atoms with E-state index in [-0.39, 0.29) is 0 Å². The average Bonchev–Trinajstić information content (AvgIpc) is 2.87. The predicted molar refractivity (Wildman–Crippen MR) is 78.2 cm³/mol. The van der Waals surface area contributed by atoms with Gasteiger partial charge in [0.25, 0.3) is 0 Å². The number of amidine groups is 1. The highest BCUT2D eigenvalue weighted by Crippen LogP contribution is 2.41. The summed E-state index contributed by atoms with van der Waals surface area (Å²) in [4.78, 5) is 4.75. The van der Waals surface area contributed by atoms with Gasteiger partial charge in [-0.1, -0.05) is 31.0 Å². The van der Waals surface area contributed by atoms with Crippen molar-refractivity contribution >= 4 is 34.0 Å². The molecule has 1 N–H and O–H groups in total. The van der Waals surface area contributed by atoms with Crippen LogP contribution in [0.3, 0.4) is 0 Å². The molecule has 17 heavy (non-hydrogen) atoms. The summed E-state index contributed by atoms with van der Waals surface area (Å²) in [5.41, 5.74) is 1.71. The Hall–Kier alpha value is -0.480. The Morgan fingerprint density at radius 1 is 1.24 bits per heavy atom. The molecule has 1 aliphatic carbocycles. The zero-order chi connectivity index (χ0) is 11.6. The molecule has 0 atom stereocenters. The van der Waals surface area contributed by atoms with Crippen molar-refractivity contribution in [1.82, 2.24) is 0 Å². The lowest BCUT2D eigenvalue weighted by Gasteiger charge is -2.38. The maximum absolute atomic E-state index is 4.75. The highest BCUT2D eigenvalue weighted by Gasteiger charge is 2.34. The Morgan fingerprint density at radius 2 is 2.12 bits per heavy atom. The van der Waals surface area contributed by atoms with Crippen LogP contribution in [-0.4, -0.2) is 17.5 Å². The van der Waals surface area contributed by atoms with E-state index in [1.807, 2.05) is 11.8 Å². The molecule has 1 aromatic heterocycles. The number of nitrogens with one attached hydrogen (secondary N) is 1. The van der Waals surface area contributed by atoms with Gasteiger partial charge in [-0.2, -0.15) is 11.3 Å². The van der Waals surface area contributed by atoms with Gasteiger partial charge >= 0.3 is 0 Å². The molecule has 3 rings (SSSR count). The first kappa shape index (κ1) is 11.6. The van der Waals surface area contributed by atoms with Crippen molar-refractivity contribution in [3.63, 3.8) is 0 Å². The monoisotopic (exact) mass is 266 g/mol. The number of rotatable bonds is 1.